The minimum atomic E-state index is -3.70. The number of aromatic nitrogens is 1. The van der Waals surface area contributed by atoms with Crippen LogP contribution in [0.3, 0.4) is 0 Å². The number of pyridine rings is 1. The van der Waals surface area contributed by atoms with Crippen molar-refractivity contribution < 1.29 is 17.9 Å². The van der Waals surface area contributed by atoms with E-state index in [-0.39, 0.29) is 4.90 Å². The predicted molar refractivity (Wildman–Crippen MR) is 66.8 cm³/mol. The third kappa shape index (κ3) is 5.44. The van der Waals surface area contributed by atoms with Gasteiger partial charge in [0.2, 0.25) is 15.9 Å². The lowest BCUT2D eigenvalue weighted by molar-refractivity contribution is 0.0806. The zero-order valence-electron chi connectivity index (χ0n) is 10.5. The standard InChI is InChI=1S/C11H18N2O4S/c1-9(2)8-16-5-6-17-11-4-3-10(7-13-11)18(12,14)15/h3-4,7,9H,5-6,8H2,1-2H3,(H2,12,14,15). The van der Waals surface area contributed by atoms with E-state index in [2.05, 4.69) is 18.8 Å². The summed E-state index contributed by atoms with van der Waals surface area (Å²) in [4.78, 5) is 3.80. The first kappa shape index (κ1) is 14.9. The summed E-state index contributed by atoms with van der Waals surface area (Å²) in [6.07, 6.45) is 1.17. The Balaban J connectivity index is 2.36. The minimum Gasteiger partial charge on any atom is -0.475 e. The molecule has 0 atom stereocenters. The highest BCUT2D eigenvalue weighted by Crippen LogP contribution is 2.10. The molecule has 6 nitrogen and oxygen atoms in total. The van der Waals surface area contributed by atoms with E-state index >= 15 is 0 Å². The van der Waals surface area contributed by atoms with Crippen LogP contribution in [0, 0.1) is 5.92 Å². The summed E-state index contributed by atoms with van der Waals surface area (Å²) in [6, 6.07) is 2.81. The fraction of sp³-hybridized carbons (Fsp3) is 0.545. The Morgan fingerprint density at radius 1 is 1.33 bits per heavy atom. The molecule has 0 saturated heterocycles. The molecule has 0 saturated carbocycles. The van der Waals surface area contributed by atoms with E-state index in [0.717, 1.165) is 0 Å². The molecule has 0 unspecified atom stereocenters. The monoisotopic (exact) mass is 274 g/mol. The van der Waals surface area contributed by atoms with Gasteiger partial charge in [-0.15, -0.1) is 0 Å². The predicted octanol–water partition coefficient (Wildman–Crippen LogP) is 0.780. The third-order valence-electron chi connectivity index (χ3n) is 1.97. The molecular formula is C11H18N2O4S. The number of primary sulfonamides is 1. The maximum atomic E-state index is 11.0. The number of hydrogen-bond donors (Lipinski definition) is 1. The molecule has 0 bridgehead atoms. The first-order valence-electron chi connectivity index (χ1n) is 5.59. The average molecular weight is 274 g/mol. The van der Waals surface area contributed by atoms with Crippen LogP contribution in [0.25, 0.3) is 0 Å². The smallest absolute Gasteiger partial charge is 0.239 e. The second kappa shape index (κ2) is 6.67. The molecule has 0 aliphatic heterocycles. The number of nitrogens with two attached hydrogens (primary N) is 1. The highest BCUT2D eigenvalue weighted by Gasteiger charge is 2.07. The summed E-state index contributed by atoms with van der Waals surface area (Å²) >= 11 is 0. The minimum absolute atomic E-state index is 0.0362. The Bertz CT molecular complexity index is 456. The number of sulfonamides is 1. The van der Waals surface area contributed by atoms with E-state index < -0.39 is 10.0 Å². The van der Waals surface area contributed by atoms with E-state index in [1.807, 2.05) is 0 Å². The molecule has 102 valence electrons. The first-order valence-corrected chi connectivity index (χ1v) is 7.13. The first-order chi connectivity index (χ1) is 8.39. The molecule has 7 heteroatoms. The Morgan fingerprint density at radius 3 is 2.56 bits per heavy atom. The number of rotatable bonds is 7. The second-order valence-electron chi connectivity index (χ2n) is 4.19. The highest BCUT2D eigenvalue weighted by molar-refractivity contribution is 7.89. The maximum Gasteiger partial charge on any atom is 0.239 e. The van der Waals surface area contributed by atoms with Crippen molar-refractivity contribution in [3.63, 3.8) is 0 Å². The molecule has 0 aromatic carbocycles. The van der Waals surface area contributed by atoms with E-state index in [9.17, 15) is 8.42 Å². The Morgan fingerprint density at radius 2 is 2.06 bits per heavy atom. The molecule has 0 aliphatic carbocycles. The van der Waals surface area contributed by atoms with Gasteiger partial charge in [0.05, 0.1) is 12.8 Å². The third-order valence-corrected chi connectivity index (χ3v) is 2.87. The summed E-state index contributed by atoms with van der Waals surface area (Å²) in [6.45, 7) is 5.65. The van der Waals surface area contributed by atoms with Crippen molar-refractivity contribution in [3.05, 3.63) is 18.3 Å². The highest BCUT2D eigenvalue weighted by atomic mass is 32.2. The van der Waals surface area contributed by atoms with Gasteiger partial charge in [-0.05, 0) is 12.0 Å². The van der Waals surface area contributed by atoms with Gasteiger partial charge in [0, 0.05) is 12.7 Å². The number of hydrogen-bond acceptors (Lipinski definition) is 5. The fourth-order valence-corrected chi connectivity index (χ4v) is 1.60. The van der Waals surface area contributed by atoms with Crippen LogP contribution >= 0.6 is 0 Å². The normalized spacial score (nSPS) is 11.8. The van der Waals surface area contributed by atoms with Gasteiger partial charge in [0.25, 0.3) is 0 Å². The quantitative estimate of drug-likeness (QED) is 0.742. The summed E-state index contributed by atoms with van der Waals surface area (Å²) < 4.78 is 32.6. The van der Waals surface area contributed by atoms with Gasteiger partial charge in [-0.25, -0.2) is 18.5 Å². The van der Waals surface area contributed by atoms with E-state index in [1.165, 1.54) is 18.3 Å². The summed E-state index contributed by atoms with van der Waals surface area (Å²) in [7, 11) is -3.70. The van der Waals surface area contributed by atoms with Gasteiger partial charge < -0.3 is 9.47 Å². The molecule has 0 radical (unpaired) electrons. The van der Waals surface area contributed by atoms with Crippen molar-refractivity contribution in [1.82, 2.24) is 4.98 Å². The zero-order valence-corrected chi connectivity index (χ0v) is 11.3. The van der Waals surface area contributed by atoms with E-state index in [4.69, 9.17) is 14.6 Å². The van der Waals surface area contributed by atoms with Crippen molar-refractivity contribution >= 4 is 10.0 Å². The maximum absolute atomic E-state index is 11.0. The molecule has 2 N–H and O–H groups in total. The molecule has 0 fully saturated rings. The molecule has 1 aromatic heterocycles. The number of ether oxygens (including phenoxy) is 2. The fourth-order valence-electron chi connectivity index (χ4n) is 1.14. The van der Waals surface area contributed by atoms with Crippen LogP contribution in [0.15, 0.2) is 23.2 Å². The van der Waals surface area contributed by atoms with Crippen LogP contribution in [0.5, 0.6) is 5.88 Å². The van der Waals surface area contributed by atoms with Crippen LogP contribution in [0.4, 0.5) is 0 Å². The van der Waals surface area contributed by atoms with Gasteiger partial charge in [-0.2, -0.15) is 0 Å². The van der Waals surface area contributed by atoms with Crippen LogP contribution in [-0.4, -0.2) is 33.2 Å². The van der Waals surface area contributed by atoms with Crippen LogP contribution in [0.2, 0.25) is 0 Å². The zero-order chi connectivity index (χ0) is 13.6. The summed E-state index contributed by atoms with van der Waals surface area (Å²) in [5.41, 5.74) is 0. The Kier molecular flexibility index (Phi) is 5.52. The lowest BCUT2D eigenvalue weighted by atomic mass is 10.2. The van der Waals surface area contributed by atoms with Crippen molar-refractivity contribution in [3.8, 4) is 5.88 Å². The van der Waals surface area contributed by atoms with Crippen molar-refractivity contribution in [2.45, 2.75) is 18.7 Å². The lowest BCUT2D eigenvalue weighted by Gasteiger charge is -2.08. The van der Waals surface area contributed by atoms with Crippen molar-refractivity contribution in [2.75, 3.05) is 19.8 Å². The largest absolute Gasteiger partial charge is 0.475 e. The van der Waals surface area contributed by atoms with Crippen LogP contribution < -0.4 is 9.88 Å². The Labute approximate surface area is 107 Å². The van der Waals surface area contributed by atoms with Gasteiger partial charge >= 0.3 is 0 Å². The molecule has 1 rings (SSSR count). The molecule has 1 aromatic rings. The van der Waals surface area contributed by atoms with E-state index in [0.29, 0.717) is 31.6 Å². The molecule has 1 heterocycles. The molecule has 0 aliphatic rings. The molecule has 0 spiro atoms. The number of nitrogens with zero attached hydrogens (tertiary/aromatic N) is 1. The van der Waals surface area contributed by atoms with Gasteiger partial charge in [-0.3, -0.25) is 0 Å². The SMILES string of the molecule is CC(C)COCCOc1ccc(S(N)(=O)=O)cn1. The topological polar surface area (TPSA) is 91.5 Å². The Hall–Kier alpha value is -1.18. The summed E-state index contributed by atoms with van der Waals surface area (Å²) in [5, 5.41) is 4.95. The molecular weight excluding hydrogens is 256 g/mol. The second-order valence-corrected chi connectivity index (χ2v) is 5.76. The van der Waals surface area contributed by atoms with Crippen LogP contribution in [-0.2, 0) is 14.8 Å². The molecule has 18 heavy (non-hydrogen) atoms. The average Bonchev–Trinajstić information content (AvgIpc) is 2.27. The van der Waals surface area contributed by atoms with E-state index in [1.54, 1.807) is 0 Å². The lowest BCUT2D eigenvalue weighted by Crippen LogP contribution is -2.13. The summed E-state index contributed by atoms with van der Waals surface area (Å²) in [5.74, 6) is 0.827. The van der Waals surface area contributed by atoms with Gasteiger partial charge in [0.15, 0.2) is 0 Å². The van der Waals surface area contributed by atoms with Gasteiger partial charge in [0.1, 0.15) is 11.5 Å². The van der Waals surface area contributed by atoms with Crippen LogP contribution in [0.1, 0.15) is 13.8 Å². The van der Waals surface area contributed by atoms with Gasteiger partial charge in [-0.1, -0.05) is 13.8 Å². The van der Waals surface area contributed by atoms with Crippen molar-refractivity contribution in [1.29, 1.82) is 0 Å². The van der Waals surface area contributed by atoms with Crippen molar-refractivity contribution in [2.24, 2.45) is 11.1 Å². The molecule has 0 amide bonds.